The third-order valence-corrected chi connectivity index (χ3v) is 3.78. The molecule has 1 aromatic carbocycles. The summed E-state index contributed by atoms with van der Waals surface area (Å²) in [5, 5.41) is 8.61. The van der Waals surface area contributed by atoms with Crippen LogP contribution in [0.1, 0.15) is 11.1 Å². The Balaban J connectivity index is 3.65. The maximum absolute atomic E-state index is 12.5. The van der Waals surface area contributed by atoms with E-state index in [1.54, 1.807) is 0 Å². The van der Waals surface area contributed by atoms with E-state index in [0.717, 1.165) is 0 Å². The molecule has 0 radical (unpaired) electrons. The van der Waals surface area contributed by atoms with E-state index in [2.05, 4.69) is 15.9 Å². The molecule has 9 heteroatoms. The number of hydrogen-bond donors (Lipinski definition) is 0. The van der Waals surface area contributed by atoms with Gasteiger partial charge in [0.1, 0.15) is 11.0 Å². The highest BCUT2D eigenvalue weighted by Gasteiger charge is 2.35. The van der Waals surface area contributed by atoms with Crippen LogP contribution in [-0.4, -0.2) is 8.42 Å². The van der Waals surface area contributed by atoms with Crippen molar-refractivity contribution >= 4 is 35.7 Å². The molecular weight excluding hydrogens is 347 g/mol. The lowest BCUT2D eigenvalue weighted by atomic mass is 10.1. The van der Waals surface area contributed by atoms with Crippen molar-refractivity contribution in [2.45, 2.75) is 11.1 Å². The minimum Gasteiger partial charge on any atom is -0.207 e. The lowest BCUT2D eigenvalue weighted by Gasteiger charge is -2.10. The van der Waals surface area contributed by atoms with Gasteiger partial charge in [0.2, 0.25) is 0 Å². The summed E-state index contributed by atoms with van der Waals surface area (Å²) in [4.78, 5) is -0.665. The minimum absolute atomic E-state index is 0.430. The molecule has 0 saturated carbocycles. The first-order valence-electron chi connectivity index (χ1n) is 3.83. The predicted octanol–water partition coefficient (Wildman–Crippen LogP) is 3.27. The standard InChI is InChI=1S/C8H2BrClF3NO2S/c9-6-2-7(17(10,15)16)4(3-14)1-5(6)8(11,12)13/h1-2H. The van der Waals surface area contributed by atoms with Gasteiger partial charge in [-0.15, -0.1) is 0 Å². The zero-order valence-corrected chi connectivity index (χ0v) is 10.9. The molecule has 17 heavy (non-hydrogen) atoms. The maximum Gasteiger partial charge on any atom is 0.417 e. The topological polar surface area (TPSA) is 57.9 Å². The van der Waals surface area contributed by atoms with Crippen LogP contribution in [0.4, 0.5) is 13.2 Å². The number of alkyl halides is 3. The van der Waals surface area contributed by atoms with Crippen LogP contribution in [0.15, 0.2) is 21.5 Å². The van der Waals surface area contributed by atoms with Gasteiger partial charge in [0, 0.05) is 15.2 Å². The Labute approximate surface area is 107 Å². The SMILES string of the molecule is N#Cc1cc(C(F)(F)F)c(Br)cc1S(=O)(=O)Cl. The minimum atomic E-state index is -4.70. The lowest BCUT2D eigenvalue weighted by molar-refractivity contribution is -0.138. The second-order valence-electron chi connectivity index (χ2n) is 2.88. The van der Waals surface area contributed by atoms with Crippen molar-refractivity contribution in [3.8, 4) is 6.07 Å². The van der Waals surface area contributed by atoms with Crippen molar-refractivity contribution in [2.75, 3.05) is 0 Å². The summed E-state index contributed by atoms with van der Waals surface area (Å²) in [7, 11) is 0.722. The van der Waals surface area contributed by atoms with Crippen molar-refractivity contribution < 1.29 is 21.6 Å². The van der Waals surface area contributed by atoms with E-state index < -0.39 is 35.7 Å². The Hall–Kier alpha value is -0.780. The van der Waals surface area contributed by atoms with Gasteiger partial charge in [-0.1, -0.05) is 15.9 Å². The zero-order chi connectivity index (χ0) is 13.4. The summed E-state index contributed by atoms with van der Waals surface area (Å²) < 4.78 is 59.0. The molecule has 0 N–H and O–H groups in total. The van der Waals surface area contributed by atoms with Crippen LogP contribution in [0, 0.1) is 11.3 Å². The third-order valence-electron chi connectivity index (χ3n) is 1.76. The van der Waals surface area contributed by atoms with E-state index in [1.165, 1.54) is 6.07 Å². The highest BCUT2D eigenvalue weighted by Crippen LogP contribution is 2.37. The van der Waals surface area contributed by atoms with Crippen LogP contribution in [0.5, 0.6) is 0 Å². The summed E-state index contributed by atoms with van der Waals surface area (Å²) in [6.45, 7) is 0. The Bertz CT molecular complexity index is 606. The van der Waals surface area contributed by atoms with Crippen LogP contribution in [0.25, 0.3) is 0 Å². The molecule has 1 aromatic rings. The molecule has 0 fully saturated rings. The zero-order valence-electron chi connectivity index (χ0n) is 7.72. The van der Waals surface area contributed by atoms with Gasteiger partial charge in [0.15, 0.2) is 0 Å². The molecule has 92 valence electrons. The summed E-state index contributed by atoms with van der Waals surface area (Å²) >= 11 is 2.59. The monoisotopic (exact) mass is 347 g/mol. The molecule has 0 unspecified atom stereocenters. The molecule has 0 heterocycles. The van der Waals surface area contributed by atoms with Crippen LogP contribution < -0.4 is 0 Å². The summed E-state index contributed by atoms with van der Waals surface area (Å²) in [6.07, 6.45) is -4.70. The number of halogens is 5. The van der Waals surface area contributed by atoms with Gasteiger partial charge in [-0.25, -0.2) is 8.42 Å². The molecule has 3 nitrogen and oxygen atoms in total. The predicted molar refractivity (Wildman–Crippen MR) is 56.9 cm³/mol. The fourth-order valence-electron chi connectivity index (χ4n) is 1.06. The Morgan fingerprint density at radius 1 is 1.35 bits per heavy atom. The first kappa shape index (κ1) is 14.3. The average Bonchev–Trinajstić information content (AvgIpc) is 2.14. The number of nitriles is 1. The molecule has 0 spiro atoms. The largest absolute Gasteiger partial charge is 0.417 e. The van der Waals surface area contributed by atoms with Gasteiger partial charge >= 0.3 is 6.18 Å². The molecule has 0 bridgehead atoms. The summed E-state index contributed by atoms with van der Waals surface area (Å²) in [5.74, 6) is 0. The van der Waals surface area contributed by atoms with E-state index in [0.29, 0.717) is 12.1 Å². The smallest absolute Gasteiger partial charge is 0.207 e. The summed E-state index contributed by atoms with van der Waals surface area (Å²) in [5.41, 5.74) is -1.80. The molecule has 0 saturated heterocycles. The molecular formula is C8H2BrClF3NO2S. The van der Waals surface area contributed by atoms with Gasteiger partial charge in [-0.2, -0.15) is 18.4 Å². The van der Waals surface area contributed by atoms with Gasteiger partial charge in [0.25, 0.3) is 9.05 Å². The van der Waals surface area contributed by atoms with E-state index in [9.17, 15) is 21.6 Å². The Morgan fingerprint density at radius 3 is 2.24 bits per heavy atom. The average molecular weight is 349 g/mol. The van der Waals surface area contributed by atoms with Gasteiger partial charge in [-0.3, -0.25) is 0 Å². The molecule has 0 atom stereocenters. The number of hydrogen-bond acceptors (Lipinski definition) is 3. The third kappa shape index (κ3) is 3.12. The fraction of sp³-hybridized carbons (Fsp3) is 0.125. The van der Waals surface area contributed by atoms with Crippen molar-refractivity contribution in [3.63, 3.8) is 0 Å². The van der Waals surface area contributed by atoms with Gasteiger partial charge < -0.3 is 0 Å². The van der Waals surface area contributed by atoms with Crippen molar-refractivity contribution in [1.82, 2.24) is 0 Å². The molecule has 0 aliphatic carbocycles. The normalized spacial score (nSPS) is 12.2. The van der Waals surface area contributed by atoms with Crippen LogP contribution in [0.2, 0.25) is 0 Å². The van der Waals surface area contributed by atoms with E-state index in [-0.39, 0.29) is 0 Å². The van der Waals surface area contributed by atoms with Gasteiger partial charge in [0.05, 0.1) is 11.1 Å². The fourth-order valence-corrected chi connectivity index (χ4v) is 2.79. The number of rotatable bonds is 1. The Morgan fingerprint density at radius 2 is 1.88 bits per heavy atom. The van der Waals surface area contributed by atoms with Gasteiger partial charge in [-0.05, 0) is 12.1 Å². The highest BCUT2D eigenvalue weighted by atomic mass is 79.9. The second-order valence-corrected chi connectivity index (χ2v) is 6.26. The van der Waals surface area contributed by atoms with E-state index >= 15 is 0 Å². The van der Waals surface area contributed by atoms with Crippen LogP contribution in [-0.2, 0) is 15.2 Å². The Kier molecular flexibility index (Phi) is 3.76. The molecule has 1 rings (SSSR count). The van der Waals surface area contributed by atoms with Crippen LogP contribution in [0.3, 0.4) is 0 Å². The molecule has 0 aliphatic heterocycles. The highest BCUT2D eigenvalue weighted by molar-refractivity contribution is 9.10. The van der Waals surface area contributed by atoms with Crippen molar-refractivity contribution in [2.24, 2.45) is 0 Å². The molecule has 0 aromatic heterocycles. The molecule has 0 amide bonds. The van der Waals surface area contributed by atoms with E-state index in [1.807, 2.05) is 0 Å². The maximum atomic E-state index is 12.5. The first-order valence-corrected chi connectivity index (χ1v) is 6.93. The summed E-state index contributed by atoms with van der Waals surface area (Å²) in [6, 6.07) is 2.44. The number of benzene rings is 1. The second kappa shape index (κ2) is 4.48. The van der Waals surface area contributed by atoms with Crippen molar-refractivity contribution in [3.05, 3.63) is 27.7 Å². The quantitative estimate of drug-likeness (QED) is 0.732. The lowest BCUT2D eigenvalue weighted by Crippen LogP contribution is -2.08. The van der Waals surface area contributed by atoms with Crippen LogP contribution >= 0.6 is 26.6 Å². The van der Waals surface area contributed by atoms with E-state index in [4.69, 9.17) is 15.9 Å². The van der Waals surface area contributed by atoms with Crippen molar-refractivity contribution in [1.29, 1.82) is 5.26 Å². The first-order chi connectivity index (χ1) is 7.57. The number of nitrogens with zero attached hydrogens (tertiary/aromatic N) is 1. The molecule has 0 aliphatic rings.